The molecule has 0 saturated heterocycles. The summed E-state index contributed by atoms with van der Waals surface area (Å²) in [5.74, 6) is 1.79. The number of nitrogens with zero attached hydrogens (tertiary/aromatic N) is 1. The molecule has 0 bridgehead atoms. The van der Waals surface area contributed by atoms with E-state index in [1.54, 1.807) is 18.3 Å². The lowest BCUT2D eigenvalue weighted by Gasteiger charge is -2.07. The lowest BCUT2D eigenvalue weighted by Crippen LogP contribution is -2.14. The fourth-order valence-corrected chi connectivity index (χ4v) is 1.61. The summed E-state index contributed by atoms with van der Waals surface area (Å²) in [5.41, 5.74) is 5.35. The molecule has 5 nitrogen and oxygen atoms in total. The molecule has 0 saturated carbocycles. The third-order valence-corrected chi connectivity index (χ3v) is 2.59. The average Bonchev–Trinajstić information content (AvgIpc) is 2.48. The summed E-state index contributed by atoms with van der Waals surface area (Å²) in [6, 6.07) is 12.9. The molecular formula is C15H17N3O2. The summed E-state index contributed by atoms with van der Waals surface area (Å²) in [5, 5.41) is 2.71. The summed E-state index contributed by atoms with van der Waals surface area (Å²) < 4.78 is 5.61. The Morgan fingerprint density at radius 1 is 1.15 bits per heavy atom. The number of carbonyl (C=O) groups excluding carboxylic acids is 1. The number of para-hydroxylation sites is 1. The van der Waals surface area contributed by atoms with E-state index in [1.165, 1.54) is 0 Å². The monoisotopic (exact) mass is 271 g/mol. The van der Waals surface area contributed by atoms with Gasteiger partial charge in [0.15, 0.2) is 0 Å². The SMILES string of the molecule is NCCCC(=O)Nc1ccc(Oc2ccccc2)cn1. The number of aromatic nitrogens is 1. The molecule has 5 heteroatoms. The van der Waals surface area contributed by atoms with Gasteiger partial charge in [-0.25, -0.2) is 4.98 Å². The molecule has 0 aliphatic rings. The van der Waals surface area contributed by atoms with Crippen LogP contribution in [0.2, 0.25) is 0 Å². The van der Waals surface area contributed by atoms with Gasteiger partial charge in [0.2, 0.25) is 5.91 Å². The topological polar surface area (TPSA) is 77.2 Å². The Hall–Kier alpha value is -2.40. The van der Waals surface area contributed by atoms with Gasteiger partial charge < -0.3 is 15.8 Å². The van der Waals surface area contributed by atoms with Crippen molar-refractivity contribution < 1.29 is 9.53 Å². The summed E-state index contributed by atoms with van der Waals surface area (Å²) in [7, 11) is 0. The normalized spacial score (nSPS) is 10.1. The summed E-state index contributed by atoms with van der Waals surface area (Å²) in [6.45, 7) is 0.505. The fourth-order valence-electron chi connectivity index (χ4n) is 1.61. The van der Waals surface area contributed by atoms with Gasteiger partial charge in [0.1, 0.15) is 17.3 Å². The minimum absolute atomic E-state index is 0.0836. The number of amides is 1. The summed E-state index contributed by atoms with van der Waals surface area (Å²) in [4.78, 5) is 15.6. The standard InChI is InChI=1S/C15H17N3O2/c16-10-4-7-15(19)18-14-9-8-13(11-17-14)20-12-5-2-1-3-6-12/h1-3,5-6,8-9,11H,4,7,10,16H2,(H,17,18,19). The predicted octanol–water partition coefficient (Wildman–Crippen LogP) is 2.55. The fraction of sp³-hybridized carbons (Fsp3) is 0.200. The second-order valence-electron chi connectivity index (χ2n) is 4.23. The first-order valence-electron chi connectivity index (χ1n) is 6.47. The van der Waals surface area contributed by atoms with E-state index in [4.69, 9.17) is 10.5 Å². The number of pyridine rings is 1. The number of carbonyl (C=O) groups is 1. The minimum Gasteiger partial charge on any atom is -0.456 e. The van der Waals surface area contributed by atoms with E-state index in [-0.39, 0.29) is 5.91 Å². The lowest BCUT2D eigenvalue weighted by molar-refractivity contribution is -0.116. The van der Waals surface area contributed by atoms with Crippen molar-refractivity contribution in [1.82, 2.24) is 4.98 Å². The molecule has 1 heterocycles. The van der Waals surface area contributed by atoms with Gasteiger partial charge in [-0.2, -0.15) is 0 Å². The van der Waals surface area contributed by atoms with E-state index < -0.39 is 0 Å². The highest BCUT2D eigenvalue weighted by Gasteiger charge is 2.03. The molecule has 0 unspecified atom stereocenters. The molecule has 0 radical (unpaired) electrons. The quantitative estimate of drug-likeness (QED) is 0.846. The van der Waals surface area contributed by atoms with Crippen LogP contribution in [0.1, 0.15) is 12.8 Å². The second kappa shape index (κ2) is 7.25. The van der Waals surface area contributed by atoms with Crippen molar-refractivity contribution in [2.45, 2.75) is 12.8 Å². The van der Waals surface area contributed by atoms with Crippen LogP contribution < -0.4 is 15.8 Å². The molecule has 2 rings (SSSR count). The van der Waals surface area contributed by atoms with Crippen molar-refractivity contribution in [2.75, 3.05) is 11.9 Å². The zero-order chi connectivity index (χ0) is 14.2. The van der Waals surface area contributed by atoms with Crippen molar-refractivity contribution in [3.05, 3.63) is 48.7 Å². The number of ether oxygens (including phenoxy) is 1. The molecule has 1 aromatic heterocycles. The lowest BCUT2D eigenvalue weighted by atomic mass is 10.3. The minimum atomic E-state index is -0.0836. The number of nitrogens with two attached hydrogens (primary N) is 1. The van der Waals surface area contributed by atoms with E-state index in [9.17, 15) is 4.79 Å². The Kier molecular flexibility index (Phi) is 5.08. The van der Waals surface area contributed by atoms with Gasteiger partial charge in [0.25, 0.3) is 0 Å². The smallest absolute Gasteiger partial charge is 0.225 e. The molecule has 1 aromatic carbocycles. The highest BCUT2D eigenvalue weighted by molar-refractivity contribution is 5.89. The number of rotatable bonds is 6. The third-order valence-electron chi connectivity index (χ3n) is 2.59. The van der Waals surface area contributed by atoms with Crippen LogP contribution in [0.15, 0.2) is 48.7 Å². The van der Waals surface area contributed by atoms with E-state index in [1.807, 2.05) is 30.3 Å². The number of anilines is 1. The van der Waals surface area contributed by atoms with Gasteiger partial charge in [-0.3, -0.25) is 4.79 Å². The first-order chi connectivity index (χ1) is 9.78. The van der Waals surface area contributed by atoms with Crippen molar-refractivity contribution in [3.63, 3.8) is 0 Å². The maximum Gasteiger partial charge on any atom is 0.225 e. The summed E-state index contributed by atoms with van der Waals surface area (Å²) in [6.07, 6.45) is 2.65. The highest BCUT2D eigenvalue weighted by Crippen LogP contribution is 2.20. The average molecular weight is 271 g/mol. The molecule has 0 fully saturated rings. The van der Waals surface area contributed by atoms with Crippen molar-refractivity contribution in [1.29, 1.82) is 0 Å². The van der Waals surface area contributed by atoms with Crippen molar-refractivity contribution in [2.24, 2.45) is 5.73 Å². The van der Waals surface area contributed by atoms with Crippen LogP contribution in [0.4, 0.5) is 5.82 Å². The molecule has 0 atom stereocenters. The van der Waals surface area contributed by atoms with Crippen LogP contribution in [-0.2, 0) is 4.79 Å². The van der Waals surface area contributed by atoms with E-state index in [0.717, 1.165) is 5.75 Å². The Labute approximate surface area is 117 Å². The first kappa shape index (κ1) is 14.0. The Morgan fingerprint density at radius 3 is 2.60 bits per heavy atom. The van der Waals surface area contributed by atoms with Gasteiger partial charge >= 0.3 is 0 Å². The molecule has 1 amide bonds. The molecule has 2 aromatic rings. The van der Waals surface area contributed by atoms with Crippen LogP contribution in [0.5, 0.6) is 11.5 Å². The van der Waals surface area contributed by atoms with E-state index in [2.05, 4.69) is 10.3 Å². The first-order valence-corrected chi connectivity index (χ1v) is 6.47. The Bertz CT molecular complexity index is 541. The van der Waals surface area contributed by atoms with Crippen molar-refractivity contribution >= 4 is 11.7 Å². The maximum absolute atomic E-state index is 11.5. The number of hydrogen-bond donors (Lipinski definition) is 2. The molecule has 104 valence electrons. The van der Waals surface area contributed by atoms with Crippen LogP contribution >= 0.6 is 0 Å². The molecular weight excluding hydrogens is 254 g/mol. The largest absolute Gasteiger partial charge is 0.456 e. The van der Waals surface area contributed by atoms with Gasteiger partial charge in [0.05, 0.1) is 6.20 Å². The van der Waals surface area contributed by atoms with E-state index >= 15 is 0 Å². The Morgan fingerprint density at radius 2 is 1.95 bits per heavy atom. The van der Waals surface area contributed by atoms with Crippen LogP contribution in [0.25, 0.3) is 0 Å². The van der Waals surface area contributed by atoms with Crippen molar-refractivity contribution in [3.8, 4) is 11.5 Å². The zero-order valence-corrected chi connectivity index (χ0v) is 11.1. The predicted molar refractivity (Wildman–Crippen MR) is 77.7 cm³/mol. The molecule has 3 N–H and O–H groups in total. The second-order valence-corrected chi connectivity index (χ2v) is 4.23. The number of hydrogen-bond acceptors (Lipinski definition) is 4. The molecule has 0 aliphatic carbocycles. The van der Waals surface area contributed by atoms with Crippen LogP contribution in [-0.4, -0.2) is 17.4 Å². The maximum atomic E-state index is 11.5. The Balaban J connectivity index is 1.91. The van der Waals surface area contributed by atoms with Gasteiger partial charge in [-0.15, -0.1) is 0 Å². The van der Waals surface area contributed by atoms with Gasteiger partial charge in [0, 0.05) is 6.42 Å². The molecule has 20 heavy (non-hydrogen) atoms. The van der Waals surface area contributed by atoms with Gasteiger partial charge in [-0.1, -0.05) is 18.2 Å². The van der Waals surface area contributed by atoms with E-state index in [0.29, 0.717) is 31.0 Å². The van der Waals surface area contributed by atoms with Crippen LogP contribution in [0.3, 0.4) is 0 Å². The third kappa shape index (κ3) is 4.37. The summed E-state index contributed by atoms with van der Waals surface area (Å²) >= 11 is 0. The molecule has 0 spiro atoms. The number of benzene rings is 1. The zero-order valence-electron chi connectivity index (χ0n) is 11.1. The van der Waals surface area contributed by atoms with Gasteiger partial charge in [-0.05, 0) is 37.2 Å². The highest BCUT2D eigenvalue weighted by atomic mass is 16.5. The van der Waals surface area contributed by atoms with Crippen LogP contribution in [0, 0.1) is 0 Å². The molecule has 0 aliphatic heterocycles. The number of nitrogens with one attached hydrogen (secondary N) is 1.